The summed E-state index contributed by atoms with van der Waals surface area (Å²) in [7, 11) is 2.98. The van der Waals surface area contributed by atoms with Gasteiger partial charge in [-0.1, -0.05) is 24.3 Å². The molecule has 0 heterocycles. The lowest BCUT2D eigenvalue weighted by Gasteiger charge is -2.07. The van der Waals surface area contributed by atoms with Crippen molar-refractivity contribution in [3.8, 4) is 11.5 Å². The standard InChI is InChI=1S/C17H17FO3/c1-20-15-7-3-5-12(10-15)9-14(19)11-13-6-4-8-16(21-2)17(13)18/h3-8,10H,9,11H2,1-2H3. The molecule has 0 fully saturated rings. The van der Waals surface area contributed by atoms with E-state index in [0.717, 1.165) is 5.56 Å². The predicted octanol–water partition coefficient (Wildman–Crippen LogP) is 3.20. The van der Waals surface area contributed by atoms with E-state index in [1.165, 1.54) is 13.2 Å². The summed E-state index contributed by atoms with van der Waals surface area (Å²) >= 11 is 0. The Hall–Kier alpha value is -2.36. The number of hydrogen-bond acceptors (Lipinski definition) is 3. The number of ketones is 1. The van der Waals surface area contributed by atoms with E-state index >= 15 is 0 Å². The summed E-state index contributed by atoms with van der Waals surface area (Å²) in [5, 5.41) is 0. The largest absolute Gasteiger partial charge is 0.497 e. The quantitative estimate of drug-likeness (QED) is 0.819. The van der Waals surface area contributed by atoms with Crippen molar-refractivity contribution in [3.63, 3.8) is 0 Å². The van der Waals surface area contributed by atoms with Crippen LogP contribution >= 0.6 is 0 Å². The highest BCUT2D eigenvalue weighted by Crippen LogP contribution is 2.21. The number of benzene rings is 2. The average molecular weight is 288 g/mol. The van der Waals surface area contributed by atoms with Crippen LogP contribution in [0.5, 0.6) is 11.5 Å². The summed E-state index contributed by atoms with van der Waals surface area (Å²) in [5.41, 5.74) is 1.20. The van der Waals surface area contributed by atoms with Gasteiger partial charge in [0.2, 0.25) is 0 Å². The Morgan fingerprint density at radius 1 is 1.05 bits per heavy atom. The maximum Gasteiger partial charge on any atom is 0.168 e. The summed E-state index contributed by atoms with van der Waals surface area (Å²) in [6.45, 7) is 0. The lowest BCUT2D eigenvalue weighted by molar-refractivity contribution is -0.117. The molecule has 0 unspecified atom stereocenters. The highest BCUT2D eigenvalue weighted by Gasteiger charge is 2.12. The van der Waals surface area contributed by atoms with Gasteiger partial charge in [0.1, 0.15) is 11.5 Å². The Morgan fingerprint density at radius 2 is 1.81 bits per heavy atom. The number of hydrogen-bond donors (Lipinski definition) is 0. The van der Waals surface area contributed by atoms with Crippen molar-refractivity contribution in [2.45, 2.75) is 12.8 Å². The van der Waals surface area contributed by atoms with Gasteiger partial charge < -0.3 is 9.47 Å². The molecule has 2 aromatic rings. The fourth-order valence-electron chi connectivity index (χ4n) is 2.14. The second-order valence-electron chi connectivity index (χ2n) is 4.68. The van der Waals surface area contributed by atoms with Crippen molar-refractivity contribution in [2.75, 3.05) is 14.2 Å². The van der Waals surface area contributed by atoms with Gasteiger partial charge in [-0.05, 0) is 29.3 Å². The summed E-state index contributed by atoms with van der Waals surface area (Å²) in [6, 6.07) is 12.1. The Morgan fingerprint density at radius 3 is 2.52 bits per heavy atom. The molecule has 0 aliphatic heterocycles. The summed E-state index contributed by atoms with van der Waals surface area (Å²) in [4.78, 5) is 12.1. The molecule has 0 aliphatic carbocycles. The highest BCUT2D eigenvalue weighted by atomic mass is 19.1. The van der Waals surface area contributed by atoms with Gasteiger partial charge in [0.25, 0.3) is 0 Å². The topological polar surface area (TPSA) is 35.5 Å². The van der Waals surface area contributed by atoms with Crippen LogP contribution in [-0.4, -0.2) is 20.0 Å². The van der Waals surface area contributed by atoms with Crippen molar-refractivity contribution < 1.29 is 18.7 Å². The van der Waals surface area contributed by atoms with Crippen LogP contribution in [0, 0.1) is 5.82 Å². The molecule has 2 aromatic carbocycles. The fraction of sp³-hybridized carbons (Fsp3) is 0.235. The highest BCUT2D eigenvalue weighted by molar-refractivity contribution is 5.83. The summed E-state index contributed by atoms with van der Waals surface area (Å²) < 4.78 is 24.0. The first-order chi connectivity index (χ1) is 10.1. The molecule has 0 aliphatic rings. The zero-order chi connectivity index (χ0) is 15.2. The number of methoxy groups -OCH3 is 2. The molecule has 0 amide bonds. The van der Waals surface area contributed by atoms with E-state index in [2.05, 4.69) is 0 Å². The number of carbonyl (C=O) groups is 1. The predicted molar refractivity (Wildman–Crippen MR) is 78.4 cm³/mol. The number of halogens is 1. The molecule has 0 saturated carbocycles. The zero-order valence-corrected chi connectivity index (χ0v) is 12.1. The monoisotopic (exact) mass is 288 g/mol. The molecule has 0 aromatic heterocycles. The Labute approximate surface area is 123 Å². The minimum Gasteiger partial charge on any atom is -0.497 e. The molecule has 0 spiro atoms. The number of rotatable bonds is 6. The van der Waals surface area contributed by atoms with E-state index in [1.54, 1.807) is 25.3 Å². The second kappa shape index (κ2) is 6.88. The van der Waals surface area contributed by atoms with Crippen molar-refractivity contribution in [1.29, 1.82) is 0 Å². The lowest BCUT2D eigenvalue weighted by atomic mass is 10.0. The van der Waals surface area contributed by atoms with Crippen molar-refractivity contribution >= 4 is 5.78 Å². The third-order valence-electron chi connectivity index (χ3n) is 3.19. The van der Waals surface area contributed by atoms with Gasteiger partial charge in [-0.15, -0.1) is 0 Å². The molecule has 0 radical (unpaired) electrons. The molecular weight excluding hydrogens is 271 g/mol. The molecule has 0 atom stereocenters. The van der Waals surface area contributed by atoms with E-state index in [1.807, 2.05) is 18.2 Å². The van der Waals surface area contributed by atoms with E-state index in [4.69, 9.17) is 9.47 Å². The minimum atomic E-state index is -0.473. The van der Waals surface area contributed by atoms with Gasteiger partial charge in [-0.2, -0.15) is 0 Å². The fourth-order valence-corrected chi connectivity index (χ4v) is 2.14. The van der Waals surface area contributed by atoms with Crippen molar-refractivity contribution in [2.24, 2.45) is 0 Å². The molecule has 0 saturated heterocycles. The SMILES string of the molecule is COc1cccc(CC(=O)Cc2cccc(OC)c2F)c1. The zero-order valence-electron chi connectivity index (χ0n) is 12.1. The van der Waals surface area contributed by atoms with Crippen LogP contribution in [0.25, 0.3) is 0 Å². The average Bonchev–Trinajstić information content (AvgIpc) is 2.49. The van der Waals surface area contributed by atoms with Gasteiger partial charge in [-0.25, -0.2) is 4.39 Å². The minimum absolute atomic E-state index is 0.0419. The summed E-state index contributed by atoms with van der Waals surface area (Å²) in [5.74, 6) is 0.323. The first-order valence-corrected chi connectivity index (χ1v) is 6.60. The second-order valence-corrected chi connectivity index (χ2v) is 4.68. The van der Waals surface area contributed by atoms with Crippen LogP contribution in [0.1, 0.15) is 11.1 Å². The van der Waals surface area contributed by atoms with Gasteiger partial charge >= 0.3 is 0 Å². The van der Waals surface area contributed by atoms with Crippen LogP contribution in [0.15, 0.2) is 42.5 Å². The maximum absolute atomic E-state index is 14.0. The Balaban J connectivity index is 2.08. The number of carbonyl (C=O) groups excluding carboxylic acids is 1. The number of Topliss-reactive ketones (excluding diaryl/α,β-unsaturated/α-hetero) is 1. The first kappa shape index (κ1) is 15.0. The van der Waals surface area contributed by atoms with Crippen molar-refractivity contribution in [1.82, 2.24) is 0 Å². The third kappa shape index (κ3) is 3.81. The molecule has 0 bridgehead atoms. The molecule has 110 valence electrons. The van der Waals surface area contributed by atoms with E-state index in [0.29, 0.717) is 11.3 Å². The van der Waals surface area contributed by atoms with E-state index < -0.39 is 5.82 Å². The van der Waals surface area contributed by atoms with E-state index in [-0.39, 0.29) is 24.4 Å². The van der Waals surface area contributed by atoms with E-state index in [9.17, 15) is 9.18 Å². The van der Waals surface area contributed by atoms with Crippen LogP contribution in [0.2, 0.25) is 0 Å². The van der Waals surface area contributed by atoms with Crippen LogP contribution < -0.4 is 9.47 Å². The molecular formula is C17H17FO3. The maximum atomic E-state index is 14.0. The molecule has 0 N–H and O–H groups in total. The van der Waals surface area contributed by atoms with Crippen LogP contribution in [0.4, 0.5) is 4.39 Å². The Bertz CT molecular complexity index is 638. The molecule has 21 heavy (non-hydrogen) atoms. The van der Waals surface area contributed by atoms with Gasteiger partial charge in [0, 0.05) is 12.8 Å². The van der Waals surface area contributed by atoms with Gasteiger partial charge in [-0.3, -0.25) is 4.79 Å². The van der Waals surface area contributed by atoms with Crippen LogP contribution in [0.3, 0.4) is 0 Å². The van der Waals surface area contributed by atoms with Gasteiger partial charge in [0.05, 0.1) is 14.2 Å². The smallest absolute Gasteiger partial charge is 0.168 e. The molecule has 3 nitrogen and oxygen atoms in total. The Kier molecular flexibility index (Phi) is 4.93. The molecule has 4 heteroatoms. The molecule has 2 rings (SSSR count). The normalized spacial score (nSPS) is 10.2. The first-order valence-electron chi connectivity index (χ1n) is 6.60. The number of ether oxygens (including phenoxy) is 2. The van der Waals surface area contributed by atoms with Crippen LogP contribution in [-0.2, 0) is 17.6 Å². The summed E-state index contributed by atoms with van der Waals surface area (Å²) in [6.07, 6.45) is 0.286. The van der Waals surface area contributed by atoms with Gasteiger partial charge in [0.15, 0.2) is 11.6 Å². The third-order valence-corrected chi connectivity index (χ3v) is 3.19. The van der Waals surface area contributed by atoms with Crippen molar-refractivity contribution in [3.05, 3.63) is 59.4 Å². The lowest BCUT2D eigenvalue weighted by Crippen LogP contribution is -2.08.